The number of ether oxygens (including phenoxy) is 2. The summed E-state index contributed by atoms with van der Waals surface area (Å²) in [6.07, 6.45) is 4.93. The second-order valence-electron chi connectivity index (χ2n) is 8.76. The number of benzene rings is 2. The van der Waals surface area contributed by atoms with Crippen LogP contribution in [0.25, 0.3) is 6.08 Å². The van der Waals surface area contributed by atoms with Crippen molar-refractivity contribution in [3.63, 3.8) is 0 Å². The molecule has 0 bridgehead atoms. The zero-order chi connectivity index (χ0) is 24.9. The van der Waals surface area contributed by atoms with Crippen molar-refractivity contribution in [2.75, 3.05) is 24.9 Å². The van der Waals surface area contributed by atoms with E-state index in [1.165, 1.54) is 11.8 Å². The third kappa shape index (κ3) is 5.53. The fraction of sp³-hybridized carbons (Fsp3) is 0.370. The van der Waals surface area contributed by atoms with E-state index in [0.717, 1.165) is 30.6 Å². The van der Waals surface area contributed by atoms with Crippen molar-refractivity contribution in [2.45, 2.75) is 45.2 Å². The molecule has 2 aromatic rings. The van der Waals surface area contributed by atoms with Crippen molar-refractivity contribution >= 4 is 40.5 Å². The van der Waals surface area contributed by atoms with Crippen molar-refractivity contribution in [1.82, 2.24) is 4.90 Å². The Kier molecular flexibility index (Phi) is 7.80. The van der Waals surface area contributed by atoms with Gasteiger partial charge in [0.1, 0.15) is 17.2 Å². The Morgan fingerprint density at radius 3 is 2.40 bits per heavy atom. The van der Waals surface area contributed by atoms with Crippen LogP contribution in [0.4, 0.5) is 5.69 Å². The van der Waals surface area contributed by atoms with Crippen LogP contribution in [0.3, 0.4) is 0 Å². The quantitative estimate of drug-likeness (QED) is 0.532. The Balaban J connectivity index is 1.61. The number of carbonyl (C=O) groups excluding carboxylic acids is 2. The van der Waals surface area contributed by atoms with Crippen molar-refractivity contribution in [1.29, 1.82) is 0 Å². The van der Waals surface area contributed by atoms with Crippen LogP contribution in [0.15, 0.2) is 59.2 Å². The van der Waals surface area contributed by atoms with Gasteiger partial charge in [-0.2, -0.15) is 0 Å². The van der Waals surface area contributed by atoms with Gasteiger partial charge in [0.15, 0.2) is 5.17 Å². The molecule has 4 rings (SSSR count). The van der Waals surface area contributed by atoms with Crippen molar-refractivity contribution in [2.24, 2.45) is 4.99 Å². The number of rotatable bonds is 6. The number of anilines is 1. The predicted octanol–water partition coefficient (Wildman–Crippen LogP) is 4.97. The normalized spacial score (nSPS) is 21.3. The van der Waals surface area contributed by atoms with E-state index in [0.29, 0.717) is 22.3 Å². The van der Waals surface area contributed by atoms with Crippen LogP contribution in [-0.2, 0) is 9.59 Å². The first-order valence-corrected chi connectivity index (χ1v) is 12.8. The average molecular weight is 494 g/mol. The van der Waals surface area contributed by atoms with Crippen LogP contribution in [0.1, 0.15) is 38.7 Å². The molecule has 0 radical (unpaired) electrons. The van der Waals surface area contributed by atoms with E-state index in [4.69, 9.17) is 9.47 Å². The molecule has 2 aliphatic rings. The third-order valence-corrected chi connectivity index (χ3v) is 7.29. The highest BCUT2D eigenvalue weighted by molar-refractivity contribution is 8.14. The highest BCUT2D eigenvalue weighted by atomic mass is 32.2. The molecule has 0 aromatic heterocycles. The zero-order valence-corrected chi connectivity index (χ0v) is 21.4. The van der Waals surface area contributed by atoms with Gasteiger partial charge in [-0.3, -0.25) is 14.5 Å². The van der Waals surface area contributed by atoms with Gasteiger partial charge < -0.3 is 14.4 Å². The maximum Gasteiger partial charge on any atom is 0.283 e. The van der Waals surface area contributed by atoms with Crippen LogP contribution >= 0.6 is 11.8 Å². The zero-order valence-electron chi connectivity index (χ0n) is 20.6. The van der Waals surface area contributed by atoms with Crippen LogP contribution in [-0.4, -0.2) is 53.9 Å². The summed E-state index contributed by atoms with van der Waals surface area (Å²) >= 11 is 1.29. The van der Waals surface area contributed by atoms with Gasteiger partial charge in [-0.1, -0.05) is 30.0 Å². The topological polar surface area (TPSA) is 71.4 Å². The number of hydrogen-bond donors (Lipinski definition) is 0. The number of thioether (sulfide) groups is 1. The molecule has 184 valence electrons. The molecule has 8 heteroatoms. The summed E-state index contributed by atoms with van der Waals surface area (Å²) in [6, 6.07) is 15.1. The number of piperidine rings is 1. The first kappa shape index (κ1) is 24.9. The van der Waals surface area contributed by atoms with E-state index < -0.39 is 0 Å². The second-order valence-corrected chi connectivity index (χ2v) is 9.70. The first-order valence-electron chi connectivity index (χ1n) is 11.8. The van der Waals surface area contributed by atoms with E-state index >= 15 is 0 Å². The van der Waals surface area contributed by atoms with Gasteiger partial charge in [-0.15, -0.1) is 0 Å². The number of likely N-dealkylation sites (tertiary alicyclic amines) is 1. The van der Waals surface area contributed by atoms with Gasteiger partial charge in [-0.25, -0.2) is 4.99 Å². The fourth-order valence-corrected chi connectivity index (χ4v) is 5.42. The molecule has 0 saturated carbocycles. The minimum Gasteiger partial charge on any atom is -0.497 e. The average Bonchev–Trinajstić information content (AvgIpc) is 3.17. The van der Waals surface area contributed by atoms with Crippen LogP contribution < -0.4 is 14.4 Å². The highest BCUT2D eigenvalue weighted by Crippen LogP contribution is 2.32. The summed E-state index contributed by atoms with van der Waals surface area (Å²) in [7, 11) is 3.20. The highest BCUT2D eigenvalue weighted by Gasteiger charge is 2.34. The molecule has 1 fully saturated rings. The lowest BCUT2D eigenvalue weighted by Gasteiger charge is -2.39. The Hall–Kier alpha value is -3.26. The number of nitrogens with zero attached hydrogens (tertiary/aromatic N) is 3. The van der Waals surface area contributed by atoms with Gasteiger partial charge in [0.25, 0.3) is 5.91 Å². The SMILES string of the molecule is COc1ccc(/C=C2\N=C(SCC(=O)N3C(C)CCCC3C)N(c3cccc(OC)c3)C2=O)cc1. The van der Waals surface area contributed by atoms with Crippen LogP contribution in [0.5, 0.6) is 11.5 Å². The lowest BCUT2D eigenvalue weighted by atomic mass is 9.98. The lowest BCUT2D eigenvalue weighted by molar-refractivity contribution is -0.134. The summed E-state index contributed by atoms with van der Waals surface area (Å²) < 4.78 is 10.6. The number of carbonyl (C=O) groups is 2. The van der Waals surface area contributed by atoms with E-state index in [9.17, 15) is 9.59 Å². The Bertz CT molecular complexity index is 1140. The van der Waals surface area contributed by atoms with E-state index in [-0.39, 0.29) is 29.7 Å². The number of amidine groups is 1. The molecule has 2 amide bonds. The second kappa shape index (κ2) is 11.0. The molecular weight excluding hydrogens is 462 g/mol. The Morgan fingerprint density at radius 2 is 1.74 bits per heavy atom. The van der Waals surface area contributed by atoms with Crippen molar-refractivity contribution in [3.8, 4) is 11.5 Å². The molecule has 1 saturated heterocycles. The Labute approximate surface area is 210 Å². The maximum atomic E-state index is 13.5. The monoisotopic (exact) mass is 493 g/mol. The van der Waals surface area contributed by atoms with Gasteiger partial charge in [-0.05, 0) is 69.0 Å². The summed E-state index contributed by atoms with van der Waals surface area (Å²) in [5.74, 6) is 1.42. The summed E-state index contributed by atoms with van der Waals surface area (Å²) in [5, 5.41) is 0.480. The summed E-state index contributed by atoms with van der Waals surface area (Å²) in [5.41, 5.74) is 1.79. The lowest BCUT2D eigenvalue weighted by Crippen LogP contribution is -2.48. The van der Waals surface area contributed by atoms with E-state index in [2.05, 4.69) is 18.8 Å². The van der Waals surface area contributed by atoms with Crippen LogP contribution in [0, 0.1) is 0 Å². The predicted molar refractivity (Wildman–Crippen MR) is 141 cm³/mol. The smallest absolute Gasteiger partial charge is 0.283 e. The largest absolute Gasteiger partial charge is 0.497 e. The van der Waals surface area contributed by atoms with Gasteiger partial charge in [0.2, 0.25) is 5.91 Å². The molecule has 0 spiro atoms. The molecule has 2 unspecified atom stereocenters. The molecule has 2 heterocycles. The molecule has 0 aliphatic carbocycles. The molecule has 7 nitrogen and oxygen atoms in total. The minimum atomic E-state index is -0.247. The van der Waals surface area contributed by atoms with Crippen LogP contribution in [0.2, 0.25) is 0 Å². The van der Waals surface area contributed by atoms with Crippen molar-refractivity contribution < 1.29 is 19.1 Å². The molecular formula is C27H31N3O4S. The van der Waals surface area contributed by atoms with Gasteiger partial charge in [0.05, 0.1) is 25.7 Å². The van der Waals surface area contributed by atoms with Gasteiger partial charge in [0, 0.05) is 18.2 Å². The molecule has 2 aromatic carbocycles. The van der Waals surface area contributed by atoms with E-state index in [1.807, 2.05) is 47.4 Å². The summed E-state index contributed by atoms with van der Waals surface area (Å²) in [4.78, 5) is 34.8. The minimum absolute atomic E-state index is 0.0722. The number of hydrogen-bond acceptors (Lipinski definition) is 6. The molecule has 2 aliphatic heterocycles. The Morgan fingerprint density at radius 1 is 1.06 bits per heavy atom. The van der Waals surface area contributed by atoms with Crippen molar-refractivity contribution in [3.05, 3.63) is 59.8 Å². The molecule has 35 heavy (non-hydrogen) atoms. The van der Waals surface area contributed by atoms with Gasteiger partial charge >= 0.3 is 0 Å². The number of amides is 2. The fourth-order valence-electron chi connectivity index (χ4n) is 4.54. The first-order chi connectivity index (χ1) is 16.9. The number of methoxy groups -OCH3 is 2. The van der Waals surface area contributed by atoms with E-state index in [1.54, 1.807) is 31.3 Å². The standard InChI is InChI=1S/C27H31N3O4S/c1-18-7-5-8-19(2)29(18)25(31)17-35-27-28-24(15-20-11-13-22(33-3)14-12-20)26(32)30(27)21-9-6-10-23(16-21)34-4/h6,9-16,18-19H,5,7-8,17H2,1-4H3/b24-15-. The number of aliphatic imine (C=N–C) groups is 1. The summed E-state index contributed by atoms with van der Waals surface area (Å²) in [6.45, 7) is 4.21. The third-order valence-electron chi connectivity index (χ3n) is 6.37. The maximum absolute atomic E-state index is 13.5. The molecule has 2 atom stereocenters. The molecule has 0 N–H and O–H groups in total.